The molecule has 5 aromatic rings. The number of hydrogen-bond acceptors (Lipinski definition) is 9. The molecule has 17 heteroatoms. The standard InChI is InChI=1S/C32H29F4N7O6/c1-17-12-19(41-10-11-49-16-25(41)32(34,35)36)14-21(33)27(17)28(44)39-22(30(46)48-3)13-18-4-5-26(43-23(18)7-9-38-43)42-29(45)20-6-8-37-15-24(20)40(2)31(42)47/h4-9,12,14-15,22,25H,10-11,13,16H2,1-3H3,(H,39,44)/t22-,25+/m0/s1. The molecule has 1 amide bonds. The van der Waals surface area contributed by atoms with Crippen LogP contribution in [0, 0.1) is 12.7 Å². The fourth-order valence-corrected chi connectivity index (χ4v) is 6.05. The topological polar surface area (TPSA) is 142 Å². The van der Waals surface area contributed by atoms with Crippen LogP contribution in [0.15, 0.2) is 64.6 Å². The van der Waals surface area contributed by atoms with Gasteiger partial charge in [0.05, 0.1) is 54.7 Å². The molecule has 0 bridgehead atoms. The molecule has 1 aromatic carbocycles. The summed E-state index contributed by atoms with van der Waals surface area (Å²) in [6, 6.07) is 4.88. The van der Waals surface area contributed by atoms with Crippen molar-refractivity contribution < 1.29 is 36.6 Å². The van der Waals surface area contributed by atoms with Crippen molar-refractivity contribution >= 4 is 34.0 Å². The number of amides is 1. The molecule has 0 radical (unpaired) electrons. The number of carbonyl (C=O) groups is 2. The van der Waals surface area contributed by atoms with Gasteiger partial charge in [-0.3, -0.25) is 19.1 Å². The Morgan fingerprint density at radius 2 is 1.90 bits per heavy atom. The monoisotopic (exact) mass is 683 g/mol. The number of benzene rings is 1. The van der Waals surface area contributed by atoms with Crippen LogP contribution < -0.4 is 21.5 Å². The molecule has 1 fully saturated rings. The van der Waals surface area contributed by atoms with E-state index in [1.807, 2.05) is 0 Å². The van der Waals surface area contributed by atoms with E-state index in [-0.39, 0.29) is 42.0 Å². The lowest BCUT2D eigenvalue weighted by atomic mass is 10.0. The Morgan fingerprint density at radius 1 is 1.12 bits per heavy atom. The molecule has 13 nitrogen and oxygen atoms in total. The Hall–Kier alpha value is -5.58. The van der Waals surface area contributed by atoms with Crippen LogP contribution in [0.5, 0.6) is 0 Å². The zero-order chi connectivity index (χ0) is 35.2. The maximum absolute atomic E-state index is 15.5. The summed E-state index contributed by atoms with van der Waals surface area (Å²) >= 11 is 0. The number of morpholine rings is 1. The van der Waals surface area contributed by atoms with Gasteiger partial charge in [-0.1, -0.05) is 6.07 Å². The molecule has 256 valence electrons. The van der Waals surface area contributed by atoms with Gasteiger partial charge in [0.25, 0.3) is 11.5 Å². The molecule has 1 N–H and O–H groups in total. The molecule has 4 aromatic heterocycles. The molecule has 5 heterocycles. The predicted octanol–water partition coefficient (Wildman–Crippen LogP) is 2.46. The van der Waals surface area contributed by atoms with E-state index in [9.17, 15) is 32.3 Å². The van der Waals surface area contributed by atoms with Gasteiger partial charge in [0.2, 0.25) is 0 Å². The van der Waals surface area contributed by atoms with E-state index in [0.29, 0.717) is 16.6 Å². The normalized spacial score (nSPS) is 15.8. The third-order valence-electron chi connectivity index (χ3n) is 8.48. The molecule has 2 atom stereocenters. The van der Waals surface area contributed by atoms with Crippen molar-refractivity contribution in [2.75, 3.05) is 31.8 Å². The van der Waals surface area contributed by atoms with E-state index >= 15 is 4.39 Å². The van der Waals surface area contributed by atoms with Crippen LogP contribution in [0.4, 0.5) is 23.2 Å². The van der Waals surface area contributed by atoms with Crippen LogP contribution in [-0.2, 0) is 27.7 Å². The summed E-state index contributed by atoms with van der Waals surface area (Å²) < 4.78 is 69.9. The summed E-state index contributed by atoms with van der Waals surface area (Å²) in [5, 5.41) is 7.01. The van der Waals surface area contributed by atoms with Crippen LogP contribution >= 0.6 is 0 Å². The van der Waals surface area contributed by atoms with E-state index in [1.165, 1.54) is 59.8 Å². The molecule has 0 aliphatic carbocycles. The minimum absolute atomic E-state index is 0.00902. The maximum Gasteiger partial charge on any atom is 0.411 e. The van der Waals surface area contributed by atoms with E-state index in [0.717, 1.165) is 22.6 Å². The van der Waals surface area contributed by atoms with Crippen molar-refractivity contribution in [3.8, 4) is 5.82 Å². The first-order valence-electron chi connectivity index (χ1n) is 14.9. The SMILES string of the molecule is COC(=O)[C@H](Cc1ccc(-n2c(=O)c3ccncc3n(C)c2=O)n2nccc12)NC(=O)c1c(C)cc(N2CCOC[C@@H]2C(F)(F)F)cc1F. The van der Waals surface area contributed by atoms with Crippen LogP contribution in [0.25, 0.3) is 22.2 Å². The number of nitrogens with zero attached hydrogens (tertiary/aromatic N) is 6. The number of nitrogens with one attached hydrogen (secondary N) is 1. The lowest BCUT2D eigenvalue weighted by Gasteiger charge is -2.38. The first-order valence-corrected chi connectivity index (χ1v) is 14.9. The van der Waals surface area contributed by atoms with Crippen LogP contribution in [0.3, 0.4) is 0 Å². The number of fused-ring (bicyclic) bond motifs is 2. The second-order valence-electron chi connectivity index (χ2n) is 11.4. The second-order valence-corrected chi connectivity index (χ2v) is 11.4. The summed E-state index contributed by atoms with van der Waals surface area (Å²) in [4.78, 5) is 58.0. The number of ether oxygens (including phenoxy) is 2. The number of aryl methyl sites for hydroxylation is 2. The van der Waals surface area contributed by atoms with Crippen molar-refractivity contribution in [1.29, 1.82) is 0 Å². The van der Waals surface area contributed by atoms with Gasteiger partial charge in [-0.2, -0.15) is 18.3 Å². The number of rotatable bonds is 7. The predicted molar refractivity (Wildman–Crippen MR) is 167 cm³/mol. The van der Waals surface area contributed by atoms with E-state index in [1.54, 1.807) is 12.1 Å². The van der Waals surface area contributed by atoms with Gasteiger partial charge in [0.15, 0.2) is 0 Å². The van der Waals surface area contributed by atoms with E-state index in [2.05, 4.69) is 15.4 Å². The van der Waals surface area contributed by atoms with Gasteiger partial charge in [-0.25, -0.2) is 23.1 Å². The minimum Gasteiger partial charge on any atom is -0.467 e. The van der Waals surface area contributed by atoms with Gasteiger partial charge in [-0.05, 0) is 48.4 Å². The summed E-state index contributed by atoms with van der Waals surface area (Å²) in [6.07, 6.45) is -0.546. The Labute approximate surface area is 274 Å². The lowest BCUT2D eigenvalue weighted by molar-refractivity contribution is -0.167. The molecule has 0 spiro atoms. The van der Waals surface area contributed by atoms with Gasteiger partial charge in [-0.15, -0.1) is 0 Å². The average Bonchev–Trinajstić information content (AvgIpc) is 3.57. The Morgan fingerprint density at radius 3 is 2.61 bits per heavy atom. The largest absolute Gasteiger partial charge is 0.467 e. The summed E-state index contributed by atoms with van der Waals surface area (Å²) in [5.41, 5.74) is -0.555. The zero-order valence-electron chi connectivity index (χ0n) is 26.3. The smallest absolute Gasteiger partial charge is 0.411 e. The molecule has 1 saturated heterocycles. The van der Waals surface area contributed by atoms with E-state index in [4.69, 9.17) is 9.47 Å². The Kier molecular flexibility index (Phi) is 8.70. The number of methoxy groups -OCH3 is 1. The molecule has 0 saturated carbocycles. The van der Waals surface area contributed by atoms with Gasteiger partial charge >= 0.3 is 17.8 Å². The first kappa shape index (κ1) is 33.3. The van der Waals surface area contributed by atoms with Gasteiger partial charge in [0, 0.05) is 31.9 Å². The molecular weight excluding hydrogens is 654 g/mol. The molecular formula is C32H29F4N7O6. The van der Waals surface area contributed by atoms with Gasteiger partial charge < -0.3 is 19.7 Å². The fourth-order valence-electron chi connectivity index (χ4n) is 6.05. The number of halogens is 4. The quantitative estimate of drug-likeness (QED) is 0.202. The number of anilines is 1. The number of aromatic nitrogens is 5. The number of pyridine rings is 2. The van der Waals surface area contributed by atoms with Gasteiger partial charge in [0.1, 0.15) is 23.7 Å². The summed E-state index contributed by atoms with van der Waals surface area (Å²) in [6.45, 7) is 0.630. The Bertz CT molecular complexity index is 2210. The number of esters is 1. The van der Waals surface area contributed by atoms with Crippen molar-refractivity contribution in [3.63, 3.8) is 0 Å². The molecule has 1 aliphatic heterocycles. The highest BCUT2D eigenvalue weighted by Gasteiger charge is 2.45. The van der Waals surface area contributed by atoms with Crippen molar-refractivity contribution in [2.24, 2.45) is 7.05 Å². The Balaban J connectivity index is 1.31. The fraction of sp³-hybridized carbons (Fsp3) is 0.312. The molecule has 6 rings (SSSR count). The third-order valence-corrected chi connectivity index (χ3v) is 8.48. The average molecular weight is 684 g/mol. The summed E-state index contributed by atoms with van der Waals surface area (Å²) in [5.74, 6) is -2.82. The minimum atomic E-state index is -4.63. The molecule has 0 unspecified atom stereocenters. The van der Waals surface area contributed by atoms with Crippen LogP contribution in [0.1, 0.15) is 21.5 Å². The first-order chi connectivity index (χ1) is 23.3. The molecule has 49 heavy (non-hydrogen) atoms. The maximum atomic E-state index is 15.5. The highest BCUT2D eigenvalue weighted by molar-refractivity contribution is 5.98. The number of hydrogen-bond donors (Lipinski definition) is 1. The highest BCUT2D eigenvalue weighted by Crippen LogP contribution is 2.33. The number of alkyl halides is 3. The number of carbonyl (C=O) groups excluding carboxylic acids is 2. The zero-order valence-corrected chi connectivity index (χ0v) is 26.3. The van der Waals surface area contributed by atoms with Crippen molar-refractivity contribution in [1.82, 2.24) is 29.0 Å². The summed E-state index contributed by atoms with van der Waals surface area (Å²) in [7, 11) is 2.61. The molecule has 1 aliphatic rings. The lowest BCUT2D eigenvalue weighted by Crippen LogP contribution is -2.53. The van der Waals surface area contributed by atoms with E-state index < -0.39 is 59.4 Å². The second kappa shape index (κ2) is 12.8. The van der Waals surface area contributed by atoms with Crippen molar-refractivity contribution in [3.05, 3.63) is 98.3 Å². The highest BCUT2D eigenvalue weighted by atomic mass is 19.4. The van der Waals surface area contributed by atoms with Crippen LogP contribution in [-0.4, -0.2) is 80.7 Å². The third kappa shape index (κ3) is 6.01. The van der Waals surface area contributed by atoms with Crippen molar-refractivity contribution in [2.45, 2.75) is 31.6 Å². The van der Waals surface area contributed by atoms with Crippen LogP contribution in [0.2, 0.25) is 0 Å².